The fourth-order valence-corrected chi connectivity index (χ4v) is 3.30. The van der Waals surface area contributed by atoms with Gasteiger partial charge in [0.25, 0.3) is 0 Å². The first-order valence-corrected chi connectivity index (χ1v) is 7.43. The van der Waals surface area contributed by atoms with Gasteiger partial charge in [-0.15, -0.1) is 0 Å². The van der Waals surface area contributed by atoms with E-state index in [1.807, 2.05) is 13.8 Å². The van der Waals surface area contributed by atoms with Crippen molar-refractivity contribution in [2.45, 2.75) is 59.4 Å². The summed E-state index contributed by atoms with van der Waals surface area (Å²) >= 11 is 0. The summed E-state index contributed by atoms with van der Waals surface area (Å²) in [5.74, 6) is -0.990. The van der Waals surface area contributed by atoms with Gasteiger partial charge in [0.1, 0.15) is 0 Å². The molecule has 0 aromatic rings. The van der Waals surface area contributed by atoms with Crippen LogP contribution in [0.5, 0.6) is 0 Å². The first-order chi connectivity index (χ1) is 8.90. The molecule has 2 unspecified atom stereocenters. The van der Waals surface area contributed by atoms with Crippen molar-refractivity contribution in [2.24, 2.45) is 23.7 Å². The van der Waals surface area contributed by atoms with E-state index in [9.17, 15) is 14.7 Å². The molecule has 4 heteroatoms. The van der Waals surface area contributed by atoms with Crippen molar-refractivity contribution in [1.82, 2.24) is 5.32 Å². The first-order valence-electron chi connectivity index (χ1n) is 7.43. The van der Waals surface area contributed by atoms with E-state index in [4.69, 9.17) is 0 Å². The van der Waals surface area contributed by atoms with Gasteiger partial charge in [0.05, 0.1) is 11.8 Å². The Morgan fingerprint density at radius 3 is 2.21 bits per heavy atom. The number of hydrogen-bond donors (Lipinski definition) is 2. The highest BCUT2D eigenvalue weighted by Gasteiger charge is 2.41. The number of aliphatic carboxylic acids is 1. The standard InChI is InChI=1S/C15H27NO3/c1-5-11(6-2)10(4)16-14(17)12-7-9(3)8-13(12)15(18)19/h9-13H,5-8H2,1-4H3,(H,16,17)(H,18,19)/t9?,10?,12-,13+/m0/s1. The molecule has 1 fully saturated rings. The van der Waals surface area contributed by atoms with Crippen LogP contribution in [-0.2, 0) is 9.59 Å². The van der Waals surface area contributed by atoms with Gasteiger partial charge in [-0.05, 0) is 31.6 Å². The molecule has 0 aromatic carbocycles. The van der Waals surface area contributed by atoms with Gasteiger partial charge < -0.3 is 10.4 Å². The lowest BCUT2D eigenvalue weighted by Crippen LogP contribution is -2.43. The Morgan fingerprint density at radius 1 is 1.21 bits per heavy atom. The molecule has 1 rings (SSSR count). The minimum Gasteiger partial charge on any atom is -0.481 e. The summed E-state index contributed by atoms with van der Waals surface area (Å²) in [5, 5.41) is 12.2. The number of hydrogen-bond acceptors (Lipinski definition) is 2. The summed E-state index contributed by atoms with van der Waals surface area (Å²) in [6.07, 6.45) is 3.37. The Balaban J connectivity index is 2.64. The normalized spacial score (nSPS) is 28.4. The van der Waals surface area contributed by atoms with E-state index in [-0.39, 0.29) is 17.9 Å². The summed E-state index contributed by atoms with van der Waals surface area (Å²) in [4.78, 5) is 23.5. The number of amides is 1. The molecule has 2 N–H and O–H groups in total. The molecule has 0 aromatic heterocycles. The lowest BCUT2D eigenvalue weighted by atomic mass is 9.92. The fourth-order valence-electron chi connectivity index (χ4n) is 3.30. The number of carbonyl (C=O) groups excluding carboxylic acids is 1. The third-order valence-corrected chi connectivity index (χ3v) is 4.58. The molecule has 0 spiro atoms. The van der Waals surface area contributed by atoms with Crippen molar-refractivity contribution in [3.8, 4) is 0 Å². The lowest BCUT2D eigenvalue weighted by Gasteiger charge is -2.25. The van der Waals surface area contributed by atoms with Crippen molar-refractivity contribution in [3.63, 3.8) is 0 Å². The highest BCUT2D eigenvalue weighted by Crippen LogP contribution is 2.36. The lowest BCUT2D eigenvalue weighted by molar-refractivity contribution is -0.146. The van der Waals surface area contributed by atoms with Crippen LogP contribution in [0.15, 0.2) is 0 Å². The van der Waals surface area contributed by atoms with Gasteiger partial charge in [-0.3, -0.25) is 9.59 Å². The van der Waals surface area contributed by atoms with Crippen LogP contribution in [-0.4, -0.2) is 23.0 Å². The molecule has 110 valence electrons. The summed E-state index contributed by atoms with van der Waals surface area (Å²) in [6, 6.07) is 0.118. The Labute approximate surface area is 116 Å². The average Bonchev–Trinajstić information content (AvgIpc) is 2.73. The summed E-state index contributed by atoms with van der Waals surface area (Å²) < 4.78 is 0. The second-order valence-corrected chi connectivity index (χ2v) is 6.00. The maximum absolute atomic E-state index is 12.3. The number of carboxylic acids is 1. The fraction of sp³-hybridized carbons (Fsp3) is 0.867. The van der Waals surface area contributed by atoms with Gasteiger partial charge in [0.2, 0.25) is 5.91 Å². The first kappa shape index (κ1) is 16.0. The van der Waals surface area contributed by atoms with Crippen LogP contribution in [0.25, 0.3) is 0 Å². The van der Waals surface area contributed by atoms with Gasteiger partial charge in [0.15, 0.2) is 0 Å². The maximum Gasteiger partial charge on any atom is 0.307 e. The van der Waals surface area contributed by atoms with Gasteiger partial charge in [-0.2, -0.15) is 0 Å². The zero-order chi connectivity index (χ0) is 14.6. The Hall–Kier alpha value is -1.06. The Kier molecular flexibility index (Phi) is 5.83. The van der Waals surface area contributed by atoms with E-state index >= 15 is 0 Å². The van der Waals surface area contributed by atoms with E-state index in [2.05, 4.69) is 19.2 Å². The Morgan fingerprint density at radius 2 is 1.74 bits per heavy atom. The number of rotatable bonds is 6. The van der Waals surface area contributed by atoms with Crippen molar-refractivity contribution >= 4 is 11.9 Å². The molecular formula is C15H27NO3. The number of carboxylic acid groups (broad SMARTS) is 1. The minimum absolute atomic E-state index is 0.0730. The number of carbonyl (C=O) groups is 2. The van der Waals surface area contributed by atoms with Crippen LogP contribution in [0.3, 0.4) is 0 Å². The van der Waals surface area contributed by atoms with Gasteiger partial charge >= 0.3 is 5.97 Å². The van der Waals surface area contributed by atoms with E-state index < -0.39 is 11.9 Å². The SMILES string of the molecule is CCC(CC)C(C)NC(=O)[C@H]1CC(C)C[C@H]1C(=O)O. The molecule has 1 saturated carbocycles. The molecule has 0 bridgehead atoms. The monoisotopic (exact) mass is 269 g/mol. The molecule has 19 heavy (non-hydrogen) atoms. The molecule has 1 aliphatic rings. The van der Waals surface area contributed by atoms with E-state index in [1.54, 1.807) is 0 Å². The molecule has 1 amide bonds. The second-order valence-electron chi connectivity index (χ2n) is 6.00. The largest absolute Gasteiger partial charge is 0.481 e. The van der Waals surface area contributed by atoms with Crippen LogP contribution < -0.4 is 5.32 Å². The van der Waals surface area contributed by atoms with Crippen molar-refractivity contribution in [2.75, 3.05) is 0 Å². The predicted molar refractivity (Wildman–Crippen MR) is 74.7 cm³/mol. The van der Waals surface area contributed by atoms with Gasteiger partial charge in [-0.1, -0.05) is 33.6 Å². The van der Waals surface area contributed by atoms with Crippen molar-refractivity contribution < 1.29 is 14.7 Å². The molecule has 4 nitrogen and oxygen atoms in total. The molecule has 4 atom stereocenters. The quantitative estimate of drug-likeness (QED) is 0.779. The minimum atomic E-state index is -0.834. The van der Waals surface area contributed by atoms with Crippen LogP contribution in [0.1, 0.15) is 53.4 Å². The summed E-state index contributed by atoms with van der Waals surface area (Å²) in [5.41, 5.74) is 0. The third-order valence-electron chi connectivity index (χ3n) is 4.58. The van der Waals surface area contributed by atoms with E-state index in [0.29, 0.717) is 24.7 Å². The summed E-state index contributed by atoms with van der Waals surface area (Å²) in [7, 11) is 0. The molecular weight excluding hydrogens is 242 g/mol. The second kappa shape index (κ2) is 6.92. The topological polar surface area (TPSA) is 66.4 Å². The molecule has 0 saturated heterocycles. The van der Waals surface area contributed by atoms with Crippen LogP contribution in [0.2, 0.25) is 0 Å². The predicted octanol–water partition coefficient (Wildman–Crippen LogP) is 2.67. The van der Waals surface area contributed by atoms with Gasteiger partial charge in [-0.25, -0.2) is 0 Å². The van der Waals surface area contributed by atoms with Crippen LogP contribution in [0.4, 0.5) is 0 Å². The zero-order valence-electron chi connectivity index (χ0n) is 12.5. The zero-order valence-corrected chi connectivity index (χ0v) is 12.5. The maximum atomic E-state index is 12.3. The van der Waals surface area contributed by atoms with Crippen molar-refractivity contribution in [3.05, 3.63) is 0 Å². The van der Waals surface area contributed by atoms with Crippen LogP contribution >= 0.6 is 0 Å². The van der Waals surface area contributed by atoms with Gasteiger partial charge in [0, 0.05) is 6.04 Å². The average molecular weight is 269 g/mol. The van der Waals surface area contributed by atoms with E-state index in [0.717, 1.165) is 12.8 Å². The highest BCUT2D eigenvalue weighted by molar-refractivity contribution is 5.85. The smallest absolute Gasteiger partial charge is 0.307 e. The molecule has 1 aliphatic carbocycles. The van der Waals surface area contributed by atoms with E-state index in [1.165, 1.54) is 0 Å². The summed E-state index contributed by atoms with van der Waals surface area (Å²) in [6.45, 7) is 8.28. The molecule has 0 radical (unpaired) electrons. The van der Waals surface area contributed by atoms with Crippen LogP contribution in [0, 0.1) is 23.7 Å². The highest BCUT2D eigenvalue weighted by atomic mass is 16.4. The number of nitrogens with one attached hydrogen (secondary N) is 1. The Bertz CT molecular complexity index is 325. The van der Waals surface area contributed by atoms with Crippen molar-refractivity contribution in [1.29, 1.82) is 0 Å². The molecule has 0 aliphatic heterocycles. The molecule has 0 heterocycles. The third kappa shape index (κ3) is 3.95.